The van der Waals surface area contributed by atoms with Crippen molar-refractivity contribution in [2.24, 2.45) is 10.7 Å². The molecule has 9 heavy (non-hydrogen) atoms. The lowest BCUT2D eigenvalue weighted by Crippen LogP contribution is -2.11. The first-order valence-electron chi connectivity index (χ1n) is 2.48. The van der Waals surface area contributed by atoms with Crippen LogP contribution in [0.1, 0.15) is 0 Å². The molecule has 0 aliphatic heterocycles. The maximum atomic E-state index is 5.35. The second-order valence-corrected chi connectivity index (χ2v) is 1.43. The summed E-state index contributed by atoms with van der Waals surface area (Å²) in [5, 5.41) is 0. The Labute approximate surface area is 55.1 Å². The molecular formula is C7H10N2. The van der Waals surface area contributed by atoms with Gasteiger partial charge in [0.05, 0.1) is 0 Å². The minimum absolute atomic E-state index is 0.361. The van der Waals surface area contributed by atoms with E-state index in [4.69, 9.17) is 5.73 Å². The number of aliphatic imine (C=N–C) groups is 1. The standard InChI is InChI=1S/C7H10N2/c1-4-6(3)7(8)9-5-2/h4-5H,1-3H2,(H2,8,9). The summed E-state index contributed by atoms with van der Waals surface area (Å²) < 4.78 is 0. The molecule has 0 bridgehead atoms. The van der Waals surface area contributed by atoms with Crippen LogP contribution in [0.15, 0.2) is 42.6 Å². The molecule has 48 valence electrons. The number of amidine groups is 1. The zero-order valence-corrected chi connectivity index (χ0v) is 5.30. The summed E-state index contributed by atoms with van der Waals surface area (Å²) in [5.74, 6) is 0.361. The Hall–Kier alpha value is -1.31. The zero-order valence-electron chi connectivity index (χ0n) is 5.30. The topological polar surface area (TPSA) is 38.4 Å². The van der Waals surface area contributed by atoms with E-state index in [1.807, 2.05) is 0 Å². The summed E-state index contributed by atoms with van der Waals surface area (Å²) in [7, 11) is 0. The van der Waals surface area contributed by atoms with Crippen molar-refractivity contribution < 1.29 is 0 Å². The Kier molecular flexibility index (Phi) is 3.13. The van der Waals surface area contributed by atoms with Crippen LogP contribution in [0.5, 0.6) is 0 Å². The molecule has 0 amide bonds. The predicted molar refractivity (Wildman–Crippen MR) is 41.2 cm³/mol. The molecule has 0 spiro atoms. The van der Waals surface area contributed by atoms with Crippen LogP contribution in [0, 0.1) is 0 Å². The molecule has 2 heteroatoms. The third-order valence-corrected chi connectivity index (χ3v) is 0.806. The summed E-state index contributed by atoms with van der Waals surface area (Å²) in [6.45, 7) is 10.4. The minimum Gasteiger partial charge on any atom is -0.383 e. The van der Waals surface area contributed by atoms with Gasteiger partial charge < -0.3 is 5.73 Å². The van der Waals surface area contributed by atoms with Crippen molar-refractivity contribution >= 4 is 5.84 Å². The number of rotatable bonds is 3. The molecule has 0 saturated heterocycles. The summed E-state index contributed by atoms with van der Waals surface area (Å²) in [6.07, 6.45) is 2.91. The van der Waals surface area contributed by atoms with Gasteiger partial charge in [0, 0.05) is 11.8 Å². The number of hydrogen-bond acceptors (Lipinski definition) is 1. The van der Waals surface area contributed by atoms with Crippen molar-refractivity contribution in [2.45, 2.75) is 0 Å². The third kappa shape index (κ3) is 2.49. The van der Waals surface area contributed by atoms with E-state index in [1.165, 1.54) is 6.20 Å². The predicted octanol–water partition coefficient (Wildman–Crippen LogP) is 1.23. The van der Waals surface area contributed by atoms with Crippen LogP contribution in [-0.2, 0) is 0 Å². The van der Waals surface area contributed by atoms with E-state index in [0.29, 0.717) is 11.4 Å². The summed E-state index contributed by atoms with van der Waals surface area (Å²) in [6, 6.07) is 0. The van der Waals surface area contributed by atoms with Crippen LogP contribution in [0.4, 0.5) is 0 Å². The molecule has 0 fully saturated rings. The van der Waals surface area contributed by atoms with Gasteiger partial charge in [-0.15, -0.1) is 0 Å². The second-order valence-electron chi connectivity index (χ2n) is 1.43. The molecule has 2 nitrogen and oxygen atoms in total. The van der Waals surface area contributed by atoms with Crippen molar-refractivity contribution in [1.82, 2.24) is 0 Å². The first kappa shape index (κ1) is 7.69. The Bertz CT molecular complexity index is 166. The fourth-order valence-corrected chi connectivity index (χ4v) is 0.286. The van der Waals surface area contributed by atoms with E-state index in [1.54, 1.807) is 6.08 Å². The lowest BCUT2D eigenvalue weighted by atomic mass is 10.3. The molecule has 0 aliphatic carbocycles. The van der Waals surface area contributed by atoms with Gasteiger partial charge in [-0.05, 0) is 0 Å². The highest BCUT2D eigenvalue weighted by Crippen LogP contribution is 1.89. The van der Waals surface area contributed by atoms with Crippen LogP contribution in [-0.4, -0.2) is 5.84 Å². The quantitative estimate of drug-likeness (QED) is 0.341. The molecule has 0 radical (unpaired) electrons. The average Bonchev–Trinajstić information content (AvgIpc) is 1.87. The van der Waals surface area contributed by atoms with Crippen molar-refractivity contribution in [3.63, 3.8) is 0 Å². The highest BCUT2D eigenvalue weighted by molar-refractivity contribution is 5.99. The molecule has 0 heterocycles. The van der Waals surface area contributed by atoms with Crippen LogP contribution < -0.4 is 5.73 Å². The van der Waals surface area contributed by atoms with E-state index < -0.39 is 0 Å². The number of nitrogens with two attached hydrogens (primary N) is 1. The molecule has 0 aliphatic rings. The molecule has 2 N–H and O–H groups in total. The number of nitrogens with zero attached hydrogens (tertiary/aromatic N) is 1. The third-order valence-electron chi connectivity index (χ3n) is 0.806. The maximum Gasteiger partial charge on any atom is 0.129 e. The van der Waals surface area contributed by atoms with Crippen LogP contribution in [0.25, 0.3) is 0 Å². The van der Waals surface area contributed by atoms with Crippen molar-refractivity contribution in [1.29, 1.82) is 0 Å². The lowest BCUT2D eigenvalue weighted by molar-refractivity contribution is 1.50. The molecule has 0 unspecified atom stereocenters. The van der Waals surface area contributed by atoms with Gasteiger partial charge in [0.2, 0.25) is 0 Å². The first-order valence-corrected chi connectivity index (χ1v) is 2.48. The van der Waals surface area contributed by atoms with E-state index >= 15 is 0 Å². The zero-order chi connectivity index (χ0) is 7.28. The Morgan fingerprint density at radius 2 is 2.00 bits per heavy atom. The molecule has 0 atom stereocenters. The van der Waals surface area contributed by atoms with Gasteiger partial charge in [0.15, 0.2) is 0 Å². The second kappa shape index (κ2) is 3.66. The minimum atomic E-state index is 0.361. The van der Waals surface area contributed by atoms with Gasteiger partial charge >= 0.3 is 0 Å². The van der Waals surface area contributed by atoms with Crippen molar-refractivity contribution in [2.75, 3.05) is 0 Å². The monoisotopic (exact) mass is 122 g/mol. The molecule has 0 saturated carbocycles. The Balaban J connectivity index is 4.18. The normalized spacial score (nSPS) is 10.4. The highest BCUT2D eigenvalue weighted by atomic mass is 14.8. The fourth-order valence-electron chi connectivity index (χ4n) is 0.286. The van der Waals surface area contributed by atoms with Gasteiger partial charge in [0.1, 0.15) is 5.84 Å². The molecule has 0 aromatic carbocycles. The first-order chi connectivity index (χ1) is 4.22. The fraction of sp³-hybridized carbons (Fsp3) is 0. The summed E-state index contributed by atoms with van der Waals surface area (Å²) >= 11 is 0. The summed E-state index contributed by atoms with van der Waals surface area (Å²) in [4.78, 5) is 3.68. The van der Waals surface area contributed by atoms with Gasteiger partial charge in [0.25, 0.3) is 0 Å². The maximum absolute atomic E-state index is 5.35. The average molecular weight is 122 g/mol. The van der Waals surface area contributed by atoms with E-state index in [9.17, 15) is 0 Å². The Morgan fingerprint density at radius 1 is 1.44 bits per heavy atom. The van der Waals surface area contributed by atoms with Crippen LogP contribution >= 0.6 is 0 Å². The molecule has 0 aromatic heterocycles. The van der Waals surface area contributed by atoms with Crippen LogP contribution in [0.3, 0.4) is 0 Å². The molecule has 0 aromatic rings. The SMILES string of the molecule is C=CN=C(N)C(=C)C=C. The van der Waals surface area contributed by atoms with Crippen molar-refractivity contribution in [3.05, 3.63) is 37.6 Å². The van der Waals surface area contributed by atoms with Crippen molar-refractivity contribution in [3.8, 4) is 0 Å². The molecular weight excluding hydrogens is 112 g/mol. The highest BCUT2D eigenvalue weighted by Gasteiger charge is 1.88. The van der Waals surface area contributed by atoms with Gasteiger partial charge in [-0.1, -0.05) is 25.8 Å². The number of hydrogen-bond donors (Lipinski definition) is 1. The van der Waals surface area contributed by atoms with E-state index in [-0.39, 0.29) is 0 Å². The lowest BCUT2D eigenvalue weighted by Gasteiger charge is -1.93. The summed E-state index contributed by atoms with van der Waals surface area (Å²) in [5.41, 5.74) is 5.97. The molecule has 0 rings (SSSR count). The van der Waals surface area contributed by atoms with Gasteiger partial charge in [-0.3, -0.25) is 0 Å². The smallest absolute Gasteiger partial charge is 0.129 e. The van der Waals surface area contributed by atoms with Crippen LogP contribution in [0.2, 0.25) is 0 Å². The van der Waals surface area contributed by atoms with E-state index in [0.717, 1.165) is 0 Å². The van der Waals surface area contributed by atoms with E-state index in [2.05, 4.69) is 24.7 Å². The largest absolute Gasteiger partial charge is 0.383 e. The van der Waals surface area contributed by atoms with Gasteiger partial charge in [-0.2, -0.15) is 0 Å². The van der Waals surface area contributed by atoms with Gasteiger partial charge in [-0.25, -0.2) is 4.99 Å². The Morgan fingerprint density at radius 3 is 2.33 bits per heavy atom.